The number of carbonyl (C=O) groups is 1. The molecular formula is C11H10Br2O. The normalized spacial score (nSPS) is 30.0. The van der Waals surface area contributed by atoms with Crippen LogP contribution in [0.25, 0.3) is 0 Å². The summed E-state index contributed by atoms with van der Waals surface area (Å²) in [5, 5.41) is 0.461. The highest BCUT2D eigenvalue weighted by Gasteiger charge is 2.52. The average Bonchev–Trinajstić information content (AvgIpc) is 2.90. The topological polar surface area (TPSA) is 17.1 Å². The summed E-state index contributed by atoms with van der Waals surface area (Å²) in [5.41, 5.74) is 1.26. The van der Waals surface area contributed by atoms with Gasteiger partial charge in [-0.25, -0.2) is 0 Å². The zero-order valence-electron chi connectivity index (χ0n) is 7.49. The van der Waals surface area contributed by atoms with Gasteiger partial charge in [-0.05, 0) is 5.56 Å². The Morgan fingerprint density at radius 1 is 1.29 bits per heavy atom. The number of alkyl halides is 2. The first-order valence-corrected chi connectivity index (χ1v) is 6.57. The first-order chi connectivity index (χ1) is 6.75. The zero-order valence-corrected chi connectivity index (χ0v) is 10.7. The monoisotopic (exact) mass is 316 g/mol. The van der Waals surface area contributed by atoms with Crippen molar-refractivity contribution in [3.05, 3.63) is 35.9 Å². The van der Waals surface area contributed by atoms with Crippen LogP contribution in [0.4, 0.5) is 0 Å². The minimum Gasteiger partial charge on any atom is -0.298 e. The van der Waals surface area contributed by atoms with Crippen LogP contribution >= 0.6 is 31.9 Å². The largest absolute Gasteiger partial charge is 0.298 e. The van der Waals surface area contributed by atoms with Crippen molar-refractivity contribution in [2.45, 2.75) is 10.7 Å². The smallest absolute Gasteiger partial charge is 0.148 e. The maximum atomic E-state index is 11.5. The second kappa shape index (κ2) is 4.15. The van der Waals surface area contributed by atoms with Crippen LogP contribution in [0, 0.1) is 5.92 Å². The van der Waals surface area contributed by atoms with Crippen molar-refractivity contribution in [1.82, 2.24) is 0 Å². The van der Waals surface area contributed by atoms with Crippen molar-refractivity contribution >= 4 is 37.6 Å². The van der Waals surface area contributed by atoms with Gasteiger partial charge in [0.15, 0.2) is 0 Å². The molecule has 0 spiro atoms. The summed E-state index contributed by atoms with van der Waals surface area (Å²) in [6.45, 7) is 0. The third kappa shape index (κ3) is 1.80. The minimum absolute atomic E-state index is 0.164. The number of carbonyl (C=O) groups excluding carboxylic acids is 1. The molecule has 0 aliphatic heterocycles. The van der Waals surface area contributed by atoms with E-state index in [4.69, 9.17) is 0 Å². The van der Waals surface area contributed by atoms with Crippen molar-refractivity contribution in [1.29, 1.82) is 0 Å². The van der Waals surface area contributed by atoms with Crippen molar-refractivity contribution in [3.8, 4) is 0 Å². The predicted octanol–water partition coefficient (Wildman–Crippen LogP) is 3.13. The first-order valence-electron chi connectivity index (χ1n) is 4.53. The Morgan fingerprint density at radius 2 is 1.93 bits per heavy atom. The van der Waals surface area contributed by atoms with Crippen molar-refractivity contribution in [2.24, 2.45) is 5.92 Å². The molecule has 0 bridgehead atoms. The quantitative estimate of drug-likeness (QED) is 0.783. The molecule has 0 saturated heterocycles. The molecule has 1 aromatic rings. The fraction of sp³-hybridized carbons (Fsp3) is 0.364. The van der Waals surface area contributed by atoms with Gasteiger partial charge in [0.05, 0.1) is 5.33 Å². The molecule has 0 heterocycles. The van der Waals surface area contributed by atoms with E-state index in [0.29, 0.717) is 21.9 Å². The Morgan fingerprint density at radius 3 is 2.50 bits per heavy atom. The molecule has 74 valence electrons. The summed E-state index contributed by atoms with van der Waals surface area (Å²) in [6.07, 6.45) is 0. The van der Waals surface area contributed by atoms with Gasteiger partial charge in [0.1, 0.15) is 5.78 Å². The maximum Gasteiger partial charge on any atom is 0.148 e. The number of Topliss-reactive ketones (excluding diaryl/α,β-unsaturated/α-hetero) is 1. The minimum atomic E-state index is 0.164. The van der Waals surface area contributed by atoms with E-state index in [-0.39, 0.29) is 5.92 Å². The number of halogens is 2. The van der Waals surface area contributed by atoms with Crippen LogP contribution in [0.2, 0.25) is 0 Å². The van der Waals surface area contributed by atoms with E-state index < -0.39 is 0 Å². The highest BCUT2D eigenvalue weighted by Crippen LogP contribution is 2.53. The van der Waals surface area contributed by atoms with Crippen LogP contribution in [0.5, 0.6) is 0 Å². The Kier molecular flexibility index (Phi) is 3.07. The summed E-state index contributed by atoms with van der Waals surface area (Å²) in [6, 6.07) is 10.2. The van der Waals surface area contributed by atoms with Crippen molar-refractivity contribution < 1.29 is 4.79 Å². The molecule has 0 aromatic heterocycles. The van der Waals surface area contributed by atoms with Gasteiger partial charge in [-0.15, -0.1) is 0 Å². The molecule has 1 saturated carbocycles. The molecular weight excluding hydrogens is 308 g/mol. The van der Waals surface area contributed by atoms with Crippen molar-refractivity contribution in [3.63, 3.8) is 0 Å². The number of hydrogen-bond acceptors (Lipinski definition) is 1. The summed E-state index contributed by atoms with van der Waals surface area (Å²) in [5.74, 6) is 0.832. The van der Waals surface area contributed by atoms with Crippen LogP contribution < -0.4 is 0 Å². The summed E-state index contributed by atoms with van der Waals surface area (Å²) >= 11 is 6.76. The van der Waals surface area contributed by atoms with Gasteiger partial charge in [-0.3, -0.25) is 4.79 Å². The van der Waals surface area contributed by atoms with Gasteiger partial charge < -0.3 is 0 Å². The van der Waals surface area contributed by atoms with Gasteiger partial charge in [0.25, 0.3) is 0 Å². The third-order valence-corrected chi connectivity index (χ3v) is 4.31. The molecule has 3 heteroatoms. The summed E-state index contributed by atoms with van der Waals surface area (Å²) < 4.78 is 0. The second-order valence-electron chi connectivity index (χ2n) is 3.51. The summed E-state index contributed by atoms with van der Waals surface area (Å²) in [7, 11) is 0. The first kappa shape index (κ1) is 10.4. The number of hydrogen-bond donors (Lipinski definition) is 0. The standard InChI is InChI=1S/C11H10Br2O/c12-6-8(14)10-9(11(10)13)7-4-2-1-3-5-7/h1-5,9-11H,6H2. The molecule has 3 unspecified atom stereocenters. The van der Waals surface area contributed by atoms with Crippen LogP contribution in [0.1, 0.15) is 11.5 Å². The highest BCUT2D eigenvalue weighted by atomic mass is 79.9. The lowest BCUT2D eigenvalue weighted by atomic mass is 10.1. The molecule has 0 N–H and O–H groups in total. The van der Waals surface area contributed by atoms with Gasteiger partial charge in [-0.2, -0.15) is 0 Å². The fourth-order valence-corrected chi connectivity index (χ4v) is 3.26. The van der Waals surface area contributed by atoms with Crippen LogP contribution in [0.3, 0.4) is 0 Å². The van der Waals surface area contributed by atoms with Gasteiger partial charge in [-0.1, -0.05) is 62.2 Å². The van der Waals surface area contributed by atoms with E-state index >= 15 is 0 Å². The molecule has 0 radical (unpaired) electrons. The van der Waals surface area contributed by atoms with E-state index in [1.807, 2.05) is 18.2 Å². The van der Waals surface area contributed by atoms with Crippen LogP contribution in [0.15, 0.2) is 30.3 Å². The van der Waals surface area contributed by atoms with Crippen molar-refractivity contribution in [2.75, 3.05) is 5.33 Å². The van der Waals surface area contributed by atoms with Gasteiger partial charge in [0.2, 0.25) is 0 Å². The molecule has 1 aromatic carbocycles. The Bertz CT molecular complexity index is 336. The lowest BCUT2D eigenvalue weighted by Crippen LogP contribution is -2.03. The van der Waals surface area contributed by atoms with Crippen LogP contribution in [-0.4, -0.2) is 15.9 Å². The molecule has 1 nitrogen and oxygen atoms in total. The third-order valence-electron chi connectivity index (χ3n) is 2.62. The molecule has 1 fully saturated rings. The van der Waals surface area contributed by atoms with E-state index in [0.717, 1.165) is 0 Å². The maximum absolute atomic E-state index is 11.5. The molecule has 3 atom stereocenters. The Balaban J connectivity index is 2.13. The Hall–Kier alpha value is -0.150. The number of ketones is 1. The number of benzene rings is 1. The lowest BCUT2D eigenvalue weighted by molar-refractivity contribution is -0.117. The fourth-order valence-electron chi connectivity index (χ4n) is 1.81. The molecule has 1 aliphatic rings. The molecule has 0 amide bonds. The van der Waals surface area contributed by atoms with E-state index in [1.165, 1.54) is 5.56 Å². The lowest BCUT2D eigenvalue weighted by Gasteiger charge is -1.96. The Labute approximate surface area is 100 Å². The van der Waals surface area contributed by atoms with E-state index in [2.05, 4.69) is 44.0 Å². The predicted molar refractivity (Wildman–Crippen MR) is 64.2 cm³/mol. The number of rotatable bonds is 3. The molecule has 14 heavy (non-hydrogen) atoms. The second-order valence-corrected chi connectivity index (χ2v) is 5.12. The average molecular weight is 318 g/mol. The van der Waals surface area contributed by atoms with E-state index in [1.54, 1.807) is 0 Å². The van der Waals surface area contributed by atoms with Gasteiger partial charge in [0, 0.05) is 16.7 Å². The van der Waals surface area contributed by atoms with E-state index in [9.17, 15) is 4.79 Å². The SMILES string of the molecule is O=C(CBr)C1C(Br)C1c1ccccc1. The summed E-state index contributed by atoms with van der Waals surface area (Å²) in [4.78, 5) is 11.8. The molecule has 1 aliphatic carbocycles. The molecule has 2 rings (SSSR count). The van der Waals surface area contributed by atoms with Gasteiger partial charge >= 0.3 is 0 Å². The highest BCUT2D eigenvalue weighted by molar-refractivity contribution is 9.10. The van der Waals surface area contributed by atoms with Crippen LogP contribution in [-0.2, 0) is 4.79 Å². The zero-order chi connectivity index (χ0) is 10.1.